The molecule has 0 spiro atoms. The van der Waals surface area contributed by atoms with Gasteiger partial charge >= 0.3 is 0 Å². The Bertz CT molecular complexity index is 957. The molecule has 28 heavy (non-hydrogen) atoms. The second kappa shape index (κ2) is 8.12. The third-order valence-corrected chi connectivity index (χ3v) is 6.40. The van der Waals surface area contributed by atoms with E-state index in [-0.39, 0.29) is 29.8 Å². The van der Waals surface area contributed by atoms with Crippen molar-refractivity contribution in [3.05, 3.63) is 65.7 Å². The smallest absolute Gasteiger partial charge is 0.251 e. The van der Waals surface area contributed by atoms with Crippen LogP contribution >= 0.6 is 0 Å². The molecule has 1 heterocycles. The molecule has 1 atom stereocenters. The average molecular weight is 401 g/mol. The number of amides is 2. The number of anilines is 1. The zero-order valence-corrected chi connectivity index (χ0v) is 16.6. The molecule has 2 aromatic carbocycles. The van der Waals surface area contributed by atoms with Gasteiger partial charge in [-0.2, -0.15) is 0 Å². The van der Waals surface area contributed by atoms with Gasteiger partial charge < -0.3 is 10.2 Å². The Morgan fingerprint density at radius 2 is 1.75 bits per heavy atom. The van der Waals surface area contributed by atoms with Crippen LogP contribution in [0.3, 0.4) is 0 Å². The van der Waals surface area contributed by atoms with Crippen LogP contribution < -0.4 is 9.62 Å². The SMILES string of the molecule is CN(C)[C@@H](CNC(=O)c1ccc(N2C(=O)CCS2(=O)=O)cc1)c1ccccc1. The molecule has 8 heteroatoms. The standard InChI is InChI=1S/C20H23N3O4S/c1-22(2)18(15-6-4-3-5-7-15)14-21-20(25)16-8-10-17(11-9-16)23-19(24)12-13-28(23,26)27/h3-11,18H,12-14H2,1-2H3,(H,21,25)/t18-/m0/s1. The quantitative estimate of drug-likeness (QED) is 0.797. The maximum Gasteiger partial charge on any atom is 0.251 e. The fourth-order valence-electron chi connectivity index (χ4n) is 3.18. The summed E-state index contributed by atoms with van der Waals surface area (Å²) in [4.78, 5) is 26.4. The molecule has 1 fully saturated rings. The van der Waals surface area contributed by atoms with E-state index in [0.717, 1.165) is 9.87 Å². The number of nitrogens with one attached hydrogen (secondary N) is 1. The molecular weight excluding hydrogens is 378 g/mol. The van der Waals surface area contributed by atoms with E-state index in [1.807, 2.05) is 49.3 Å². The Hall–Kier alpha value is -2.71. The number of sulfonamides is 1. The lowest BCUT2D eigenvalue weighted by atomic mass is 10.1. The minimum absolute atomic E-state index is 0.0179. The van der Waals surface area contributed by atoms with Gasteiger partial charge in [-0.1, -0.05) is 30.3 Å². The van der Waals surface area contributed by atoms with E-state index in [1.165, 1.54) is 24.3 Å². The number of hydrogen-bond donors (Lipinski definition) is 1. The van der Waals surface area contributed by atoms with Crippen LogP contribution in [0.4, 0.5) is 5.69 Å². The highest BCUT2D eigenvalue weighted by Crippen LogP contribution is 2.25. The van der Waals surface area contributed by atoms with Crippen LogP contribution in [0.1, 0.15) is 28.4 Å². The molecule has 0 aliphatic carbocycles. The van der Waals surface area contributed by atoms with E-state index in [1.54, 1.807) is 0 Å². The third-order valence-electron chi connectivity index (χ3n) is 4.71. The van der Waals surface area contributed by atoms with Crippen LogP contribution in [0.25, 0.3) is 0 Å². The van der Waals surface area contributed by atoms with Crippen molar-refractivity contribution >= 4 is 27.5 Å². The number of hydrogen-bond acceptors (Lipinski definition) is 5. The first-order valence-corrected chi connectivity index (χ1v) is 10.6. The van der Waals surface area contributed by atoms with Gasteiger partial charge in [-0.05, 0) is 43.9 Å². The second-order valence-electron chi connectivity index (χ2n) is 6.87. The molecule has 0 radical (unpaired) electrons. The molecular formula is C20H23N3O4S. The number of likely N-dealkylation sites (N-methyl/N-ethyl adjacent to an activating group) is 1. The molecule has 1 N–H and O–H groups in total. The van der Waals surface area contributed by atoms with Gasteiger partial charge in [0.2, 0.25) is 15.9 Å². The van der Waals surface area contributed by atoms with Gasteiger partial charge in [0.05, 0.1) is 17.5 Å². The number of nitrogens with zero attached hydrogens (tertiary/aromatic N) is 2. The summed E-state index contributed by atoms with van der Waals surface area (Å²) in [6.07, 6.45) is -0.0179. The Morgan fingerprint density at radius 1 is 1.11 bits per heavy atom. The van der Waals surface area contributed by atoms with Gasteiger partial charge in [0.15, 0.2) is 0 Å². The summed E-state index contributed by atoms with van der Waals surface area (Å²) < 4.78 is 24.8. The van der Waals surface area contributed by atoms with Gasteiger partial charge in [0, 0.05) is 18.5 Å². The van der Waals surface area contributed by atoms with E-state index in [2.05, 4.69) is 5.32 Å². The fraction of sp³-hybridized carbons (Fsp3) is 0.300. The first kappa shape index (κ1) is 20.0. The minimum Gasteiger partial charge on any atom is -0.350 e. The first-order chi connectivity index (χ1) is 13.3. The summed E-state index contributed by atoms with van der Waals surface area (Å²) in [6.45, 7) is 0.427. The van der Waals surface area contributed by atoms with Crippen molar-refractivity contribution in [3.63, 3.8) is 0 Å². The van der Waals surface area contributed by atoms with Crippen molar-refractivity contribution in [3.8, 4) is 0 Å². The van der Waals surface area contributed by atoms with Crippen LogP contribution in [0.2, 0.25) is 0 Å². The number of carbonyl (C=O) groups is 2. The second-order valence-corrected chi connectivity index (χ2v) is 8.81. The van der Waals surface area contributed by atoms with Crippen molar-refractivity contribution < 1.29 is 18.0 Å². The predicted octanol–water partition coefficient (Wildman–Crippen LogP) is 1.79. The van der Waals surface area contributed by atoms with Crippen molar-refractivity contribution in [2.24, 2.45) is 0 Å². The maximum atomic E-state index is 12.5. The van der Waals surface area contributed by atoms with Crippen LogP contribution in [-0.2, 0) is 14.8 Å². The Balaban J connectivity index is 1.69. The topological polar surface area (TPSA) is 86.8 Å². The largest absolute Gasteiger partial charge is 0.350 e. The van der Waals surface area contributed by atoms with Gasteiger partial charge in [0.1, 0.15) is 0 Å². The van der Waals surface area contributed by atoms with E-state index < -0.39 is 15.9 Å². The van der Waals surface area contributed by atoms with E-state index in [9.17, 15) is 18.0 Å². The summed E-state index contributed by atoms with van der Waals surface area (Å²) >= 11 is 0. The summed E-state index contributed by atoms with van der Waals surface area (Å²) in [5.74, 6) is -0.890. The number of rotatable bonds is 6. The normalized spacial score (nSPS) is 17.0. The Morgan fingerprint density at radius 3 is 2.29 bits per heavy atom. The lowest BCUT2D eigenvalue weighted by Crippen LogP contribution is -2.34. The Labute approximate surface area is 165 Å². The molecule has 7 nitrogen and oxygen atoms in total. The zero-order valence-electron chi connectivity index (χ0n) is 15.8. The number of benzene rings is 2. The molecule has 0 unspecified atom stereocenters. The fourth-order valence-corrected chi connectivity index (χ4v) is 4.64. The first-order valence-electron chi connectivity index (χ1n) is 8.95. The molecule has 0 saturated carbocycles. The van der Waals surface area contributed by atoms with Gasteiger partial charge in [-0.25, -0.2) is 12.7 Å². The molecule has 0 bridgehead atoms. The molecule has 1 aliphatic rings. The molecule has 1 saturated heterocycles. The van der Waals surface area contributed by atoms with Gasteiger partial charge in [0.25, 0.3) is 5.91 Å². The van der Waals surface area contributed by atoms with Gasteiger partial charge in [-0.15, -0.1) is 0 Å². The minimum atomic E-state index is -3.61. The van der Waals surface area contributed by atoms with Crippen molar-refractivity contribution in [1.29, 1.82) is 0 Å². The zero-order chi connectivity index (χ0) is 20.3. The van der Waals surface area contributed by atoms with E-state index in [4.69, 9.17) is 0 Å². The highest BCUT2D eigenvalue weighted by molar-refractivity contribution is 7.94. The molecule has 148 valence electrons. The summed E-state index contributed by atoms with van der Waals surface area (Å²) in [7, 11) is 0.295. The van der Waals surface area contributed by atoms with Crippen molar-refractivity contribution in [2.75, 3.05) is 30.7 Å². The molecule has 2 amide bonds. The summed E-state index contributed by atoms with van der Waals surface area (Å²) in [5.41, 5.74) is 1.76. The molecule has 0 aromatic heterocycles. The maximum absolute atomic E-state index is 12.5. The Kier molecular flexibility index (Phi) is 5.81. The van der Waals surface area contributed by atoms with Crippen LogP contribution in [-0.4, -0.2) is 51.5 Å². The van der Waals surface area contributed by atoms with Crippen LogP contribution in [0, 0.1) is 0 Å². The van der Waals surface area contributed by atoms with E-state index >= 15 is 0 Å². The van der Waals surface area contributed by atoms with E-state index in [0.29, 0.717) is 12.1 Å². The van der Waals surface area contributed by atoms with Crippen LogP contribution in [0.15, 0.2) is 54.6 Å². The van der Waals surface area contributed by atoms with Crippen LogP contribution in [0.5, 0.6) is 0 Å². The molecule has 2 aromatic rings. The van der Waals surface area contributed by atoms with Gasteiger partial charge in [-0.3, -0.25) is 9.59 Å². The lowest BCUT2D eigenvalue weighted by molar-refractivity contribution is -0.116. The average Bonchev–Trinajstić information content (AvgIpc) is 2.95. The van der Waals surface area contributed by atoms with Crippen molar-refractivity contribution in [2.45, 2.75) is 12.5 Å². The number of carbonyl (C=O) groups excluding carboxylic acids is 2. The highest BCUT2D eigenvalue weighted by atomic mass is 32.2. The lowest BCUT2D eigenvalue weighted by Gasteiger charge is -2.25. The summed E-state index contributed by atoms with van der Waals surface area (Å²) in [5, 5.41) is 2.91. The highest BCUT2D eigenvalue weighted by Gasteiger charge is 2.36. The van der Waals surface area contributed by atoms with Crippen molar-refractivity contribution in [1.82, 2.24) is 10.2 Å². The monoisotopic (exact) mass is 401 g/mol. The summed E-state index contributed by atoms with van der Waals surface area (Å²) in [6, 6.07) is 15.9. The molecule has 3 rings (SSSR count). The predicted molar refractivity (Wildman–Crippen MR) is 108 cm³/mol. The third kappa shape index (κ3) is 4.23. The molecule has 1 aliphatic heterocycles.